The van der Waals surface area contributed by atoms with Crippen LogP contribution < -0.4 is 5.32 Å². The maximum atomic E-state index is 11.6. The molecular formula is C11H12N4O. The molecule has 0 spiro atoms. The fraction of sp³-hybridized carbons (Fsp3) is 0.182. The molecule has 0 aliphatic heterocycles. The fourth-order valence-electron chi connectivity index (χ4n) is 1.34. The van der Waals surface area contributed by atoms with E-state index in [1.807, 2.05) is 19.1 Å². The minimum atomic E-state index is -0.154. The highest BCUT2D eigenvalue weighted by Gasteiger charge is 2.06. The molecule has 0 aliphatic rings. The van der Waals surface area contributed by atoms with Crippen LogP contribution in [0.15, 0.2) is 30.7 Å². The maximum absolute atomic E-state index is 11.6. The van der Waals surface area contributed by atoms with Crippen LogP contribution in [0.4, 0.5) is 0 Å². The van der Waals surface area contributed by atoms with E-state index in [9.17, 15) is 4.79 Å². The largest absolute Gasteiger partial charge is 0.346 e. The summed E-state index contributed by atoms with van der Waals surface area (Å²) in [5.74, 6) is -0.154. The Hall–Kier alpha value is -2.17. The van der Waals surface area contributed by atoms with Crippen LogP contribution >= 0.6 is 0 Å². The number of aryl methyl sites for hydroxylation is 1. The number of hydrogen-bond donors (Lipinski definition) is 2. The number of nitrogens with zero attached hydrogens (tertiary/aromatic N) is 2. The highest BCUT2D eigenvalue weighted by molar-refractivity contribution is 5.93. The summed E-state index contributed by atoms with van der Waals surface area (Å²) < 4.78 is 0. The molecule has 0 unspecified atom stereocenters. The van der Waals surface area contributed by atoms with Crippen LogP contribution in [0.2, 0.25) is 0 Å². The van der Waals surface area contributed by atoms with Gasteiger partial charge in [0, 0.05) is 12.4 Å². The van der Waals surface area contributed by atoms with Gasteiger partial charge in [0.05, 0.1) is 24.0 Å². The number of H-pyrrole nitrogens is 1. The quantitative estimate of drug-likeness (QED) is 0.805. The van der Waals surface area contributed by atoms with E-state index in [2.05, 4.69) is 20.5 Å². The zero-order chi connectivity index (χ0) is 11.4. The third kappa shape index (κ3) is 2.25. The molecule has 0 aliphatic carbocycles. The first-order valence-corrected chi connectivity index (χ1v) is 4.95. The van der Waals surface area contributed by atoms with E-state index in [1.54, 1.807) is 12.4 Å². The van der Waals surface area contributed by atoms with Gasteiger partial charge < -0.3 is 5.32 Å². The van der Waals surface area contributed by atoms with Gasteiger partial charge in [-0.15, -0.1) is 0 Å². The third-order valence-corrected chi connectivity index (χ3v) is 2.29. The number of carbonyl (C=O) groups is 1. The van der Waals surface area contributed by atoms with Crippen LogP contribution in [0.25, 0.3) is 0 Å². The minimum Gasteiger partial charge on any atom is -0.346 e. The summed E-state index contributed by atoms with van der Waals surface area (Å²) in [5.41, 5.74) is 2.46. The van der Waals surface area contributed by atoms with Crippen LogP contribution in [-0.2, 0) is 6.54 Å². The van der Waals surface area contributed by atoms with Crippen molar-refractivity contribution in [1.29, 1.82) is 0 Å². The van der Waals surface area contributed by atoms with Gasteiger partial charge in [0.25, 0.3) is 5.91 Å². The van der Waals surface area contributed by atoms with E-state index in [0.717, 1.165) is 11.3 Å². The molecule has 5 nitrogen and oxygen atoms in total. The molecule has 0 bridgehead atoms. The van der Waals surface area contributed by atoms with Gasteiger partial charge in [0.2, 0.25) is 0 Å². The van der Waals surface area contributed by atoms with Gasteiger partial charge in [0.15, 0.2) is 0 Å². The zero-order valence-corrected chi connectivity index (χ0v) is 8.90. The molecule has 82 valence electrons. The first-order valence-electron chi connectivity index (χ1n) is 4.95. The molecule has 0 aromatic carbocycles. The Morgan fingerprint density at radius 1 is 1.56 bits per heavy atom. The lowest BCUT2D eigenvalue weighted by Crippen LogP contribution is -2.23. The molecule has 0 fully saturated rings. The van der Waals surface area contributed by atoms with Gasteiger partial charge >= 0.3 is 0 Å². The summed E-state index contributed by atoms with van der Waals surface area (Å²) in [6, 6.07) is 3.84. The van der Waals surface area contributed by atoms with Crippen molar-refractivity contribution in [3.8, 4) is 0 Å². The number of hydrogen-bond acceptors (Lipinski definition) is 3. The van der Waals surface area contributed by atoms with Gasteiger partial charge in [-0.05, 0) is 18.6 Å². The van der Waals surface area contributed by atoms with E-state index in [0.29, 0.717) is 12.1 Å². The van der Waals surface area contributed by atoms with Crippen molar-refractivity contribution in [3.05, 3.63) is 47.5 Å². The van der Waals surface area contributed by atoms with E-state index in [1.165, 1.54) is 6.20 Å². The molecule has 2 rings (SSSR count). The average molecular weight is 216 g/mol. The second kappa shape index (κ2) is 4.57. The molecule has 2 aromatic rings. The Kier molecular flexibility index (Phi) is 2.95. The van der Waals surface area contributed by atoms with E-state index >= 15 is 0 Å². The second-order valence-corrected chi connectivity index (χ2v) is 3.44. The Morgan fingerprint density at radius 3 is 3.12 bits per heavy atom. The molecule has 2 heterocycles. The Morgan fingerprint density at radius 2 is 2.44 bits per heavy atom. The highest BCUT2D eigenvalue weighted by Crippen LogP contribution is 2.03. The molecule has 0 saturated carbocycles. The normalized spacial score (nSPS) is 10.1. The number of aromatic nitrogens is 3. The van der Waals surface area contributed by atoms with Crippen LogP contribution in [0.1, 0.15) is 21.6 Å². The third-order valence-electron chi connectivity index (χ3n) is 2.29. The lowest BCUT2D eigenvalue weighted by molar-refractivity contribution is 0.0950. The van der Waals surface area contributed by atoms with Crippen LogP contribution in [0.5, 0.6) is 0 Å². The fourth-order valence-corrected chi connectivity index (χ4v) is 1.34. The summed E-state index contributed by atoms with van der Waals surface area (Å²) in [6.07, 6.45) is 4.76. The summed E-state index contributed by atoms with van der Waals surface area (Å²) in [7, 11) is 0. The topological polar surface area (TPSA) is 70.7 Å². The van der Waals surface area contributed by atoms with Crippen molar-refractivity contribution in [1.82, 2.24) is 20.5 Å². The monoisotopic (exact) mass is 216 g/mol. The molecule has 0 saturated heterocycles. The number of carbonyl (C=O) groups excluding carboxylic acids is 1. The SMILES string of the molecule is Cc1cccnc1CNC(=O)c1cn[nH]c1. The van der Waals surface area contributed by atoms with Crippen molar-refractivity contribution in [3.63, 3.8) is 0 Å². The number of aromatic amines is 1. The van der Waals surface area contributed by atoms with Crippen molar-refractivity contribution in [2.45, 2.75) is 13.5 Å². The molecule has 16 heavy (non-hydrogen) atoms. The van der Waals surface area contributed by atoms with Crippen LogP contribution in [0.3, 0.4) is 0 Å². The lowest BCUT2D eigenvalue weighted by atomic mass is 10.2. The molecule has 2 N–H and O–H groups in total. The van der Waals surface area contributed by atoms with Crippen molar-refractivity contribution in [2.24, 2.45) is 0 Å². The van der Waals surface area contributed by atoms with Gasteiger partial charge in [0.1, 0.15) is 0 Å². The number of pyridine rings is 1. The second-order valence-electron chi connectivity index (χ2n) is 3.44. The number of nitrogens with one attached hydrogen (secondary N) is 2. The molecule has 0 atom stereocenters. The first-order chi connectivity index (χ1) is 7.77. The molecule has 5 heteroatoms. The summed E-state index contributed by atoms with van der Waals surface area (Å²) in [6.45, 7) is 2.39. The van der Waals surface area contributed by atoms with E-state index < -0.39 is 0 Å². The number of rotatable bonds is 3. The summed E-state index contributed by atoms with van der Waals surface area (Å²) in [4.78, 5) is 15.8. The molecule has 2 aromatic heterocycles. The molecular weight excluding hydrogens is 204 g/mol. The van der Waals surface area contributed by atoms with Crippen molar-refractivity contribution in [2.75, 3.05) is 0 Å². The van der Waals surface area contributed by atoms with Crippen LogP contribution in [-0.4, -0.2) is 21.1 Å². The van der Waals surface area contributed by atoms with Crippen molar-refractivity contribution >= 4 is 5.91 Å². The summed E-state index contributed by atoms with van der Waals surface area (Å²) in [5, 5.41) is 9.09. The van der Waals surface area contributed by atoms with Gasteiger partial charge in [-0.25, -0.2) is 0 Å². The zero-order valence-electron chi connectivity index (χ0n) is 8.90. The van der Waals surface area contributed by atoms with Crippen LogP contribution in [0, 0.1) is 6.92 Å². The molecule has 1 amide bonds. The van der Waals surface area contributed by atoms with Gasteiger partial charge in [-0.3, -0.25) is 14.9 Å². The van der Waals surface area contributed by atoms with E-state index in [-0.39, 0.29) is 5.91 Å². The van der Waals surface area contributed by atoms with Gasteiger partial charge in [-0.1, -0.05) is 6.07 Å². The predicted octanol–water partition coefficient (Wildman–Crippen LogP) is 1.04. The Bertz CT molecular complexity index is 478. The Labute approximate surface area is 92.9 Å². The van der Waals surface area contributed by atoms with Gasteiger partial charge in [-0.2, -0.15) is 5.10 Å². The predicted molar refractivity (Wildman–Crippen MR) is 58.7 cm³/mol. The lowest BCUT2D eigenvalue weighted by Gasteiger charge is -2.05. The Balaban J connectivity index is 1.98. The smallest absolute Gasteiger partial charge is 0.254 e. The number of amides is 1. The first kappa shape index (κ1) is 10.4. The molecule has 0 radical (unpaired) electrons. The highest BCUT2D eigenvalue weighted by atomic mass is 16.1. The summed E-state index contributed by atoms with van der Waals surface area (Å²) >= 11 is 0. The van der Waals surface area contributed by atoms with Crippen molar-refractivity contribution < 1.29 is 4.79 Å². The maximum Gasteiger partial charge on any atom is 0.254 e. The van der Waals surface area contributed by atoms with E-state index in [4.69, 9.17) is 0 Å². The standard InChI is InChI=1S/C11H12N4O/c1-8-3-2-4-12-10(8)7-13-11(16)9-5-14-15-6-9/h2-6H,7H2,1H3,(H,13,16)(H,14,15). The average Bonchev–Trinajstić information content (AvgIpc) is 2.81. The minimum absolute atomic E-state index is 0.154.